The van der Waals surface area contributed by atoms with Crippen LogP contribution in [-0.4, -0.2) is 37.9 Å². The van der Waals surface area contributed by atoms with Gasteiger partial charge >= 0.3 is 12.1 Å². The average Bonchev–Trinajstić information content (AvgIpc) is 3.38. The van der Waals surface area contributed by atoms with E-state index in [1.807, 2.05) is 6.07 Å². The van der Waals surface area contributed by atoms with E-state index < -0.39 is 17.8 Å². The number of ether oxygens (including phenoxy) is 1. The molecule has 2 N–H and O–H groups in total. The number of carboxylic acid groups (broad SMARTS) is 1. The van der Waals surface area contributed by atoms with Gasteiger partial charge in [-0.1, -0.05) is 18.2 Å². The van der Waals surface area contributed by atoms with Gasteiger partial charge in [0.1, 0.15) is 5.75 Å². The highest BCUT2D eigenvalue weighted by molar-refractivity contribution is 5.86. The third-order valence-corrected chi connectivity index (χ3v) is 5.01. The molecule has 0 aliphatic heterocycles. The fourth-order valence-electron chi connectivity index (χ4n) is 3.36. The highest BCUT2D eigenvalue weighted by Gasteiger charge is 2.34. The average molecular weight is 506 g/mol. The first-order valence-electron chi connectivity index (χ1n) is 10.5. The highest BCUT2D eigenvalue weighted by atomic mass is 19.4. The van der Waals surface area contributed by atoms with Gasteiger partial charge in [0.15, 0.2) is 11.5 Å². The van der Waals surface area contributed by atoms with E-state index in [1.165, 1.54) is 31.5 Å². The Kier molecular flexibility index (Phi) is 6.88. The first kappa shape index (κ1) is 24.9. The van der Waals surface area contributed by atoms with Gasteiger partial charge in [0.05, 0.1) is 18.7 Å². The number of halogens is 3. The summed E-state index contributed by atoms with van der Waals surface area (Å²) in [5.74, 6) is -0.651. The van der Waals surface area contributed by atoms with Gasteiger partial charge in [-0.3, -0.25) is 0 Å². The lowest BCUT2D eigenvalue weighted by molar-refractivity contribution is -0.141. The lowest BCUT2D eigenvalue weighted by atomic mass is 10.0. The second-order valence-electron chi connectivity index (χ2n) is 7.56. The molecule has 2 heterocycles. The minimum absolute atomic E-state index is 0.0295. The normalized spacial score (nSPS) is 11.3. The van der Waals surface area contributed by atoms with Crippen molar-refractivity contribution in [1.29, 1.82) is 5.26 Å². The predicted octanol–water partition coefficient (Wildman–Crippen LogP) is 5.07. The zero-order valence-corrected chi connectivity index (χ0v) is 19.1. The van der Waals surface area contributed by atoms with Crippen LogP contribution >= 0.6 is 0 Å². The van der Waals surface area contributed by atoms with Gasteiger partial charge in [-0.25, -0.2) is 14.5 Å². The van der Waals surface area contributed by atoms with Crippen LogP contribution in [0.5, 0.6) is 5.75 Å². The summed E-state index contributed by atoms with van der Waals surface area (Å²) < 4.78 is 45.9. The number of benzene rings is 2. The largest absolute Gasteiger partial charge is 0.497 e. The number of methoxy groups -OCH3 is 1. The molecule has 2 aromatic heterocycles. The summed E-state index contributed by atoms with van der Waals surface area (Å²) in [7, 11) is 1.44. The fraction of sp³-hybridized carbons (Fsp3) is 0.0800. The van der Waals surface area contributed by atoms with Crippen molar-refractivity contribution in [2.24, 2.45) is 0 Å². The molecule has 0 amide bonds. The monoisotopic (exact) mass is 506 g/mol. The van der Waals surface area contributed by atoms with E-state index in [0.29, 0.717) is 33.7 Å². The maximum absolute atomic E-state index is 13.2. The second kappa shape index (κ2) is 10.2. The third-order valence-electron chi connectivity index (χ3n) is 5.01. The van der Waals surface area contributed by atoms with Crippen molar-refractivity contribution in [2.75, 3.05) is 12.4 Å². The van der Waals surface area contributed by atoms with Gasteiger partial charge in [-0.15, -0.1) is 0 Å². The molecule has 0 spiro atoms. The van der Waals surface area contributed by atoms with Crippen molar-refractivity contribution >= 4 is 23.7 Å². The van der Waals surface area contributed by atoms with Crippen LogP contribution in [0.15, 0.2) is 67.0 Å². The fourth-order valence-corrected chi connectivity index (χ4v) is 3.36. The van der Waals surface area contributed by atoms with E-state index in [9.17, 15) is 23.2 Å². The Balaban J connectivity index is 1.81. The van der Waals surface area contributed by atoms with E-state index >= 15 is 0 Å². The van der Waals surface area contributed by atoms with Crippen molar-refractivity contribution in [1.82, 2.24) is 19.7 Å². The molecule has 0 aliphatic rings. The molecule has 9 nitrogen and oxygen atoms in total. The number of carboxylic acids is 1. The first-order valence-corrected chi connectivity index (χ1v) is 10.5. The molecule has 186 valence electrons. The summed E-state index contributed by atoms with van der Waals surface area (Å²) in [5.41, 5.74) is 1.04. The molecule has 37 heavy (non-hydrogen) atoms. The van der Waals surface area contributed by atoms with Crippen LogP contribution in [-0.2, 0) is 11.0 Å². The molecule has 4 aromatic rings. The number of nitrogens with one attached hydrogen (secondary N) is 1. The Morgan fingerprint density at radius 1 is 1.22 bits per heavy atom. The molecule has 0 radical (unpaired) electrons. The Morgan fingerprint density at radius 3 is 2.70 bits per heavy atom. The Bertz CT molecular complexity index is 1540. The number of alkyl halides is 3. The number of rotatable bonds is 7. The standard InChI is InChI=1S/C25H17F3N6O3/c1-37-19-11-16(13-29)10-18(12-19)31-24-30-14-20(17-4-2-3-15(9-17)5-6-22(35)36)23(32-24)34-8-7-21(33-34)25(26,27)28/h2-12,14H,1H3,(H,35,36)(H,30,31,32). The quantitative estimate of drug-likeness (QED) is 0.333. The summed E-state index contributed by atoms with van der Waals surface area (Å²) in [6.07, 6.45) is 0.232. The summed E-state index contributed by atoms with van der Waals surface area (Å²) in [5, 5.41) is 24.7. The molecule has 0 bridgehead atoms. The summed E-state index contributed by atoms with van der Waals surface area (Å²) in [4.78, 5) is 19.6. The number of nitrogens with zero attached hydrogens (tertiary/aromatic N) is 5. The van der Waals surface area contributed by atoms with Crippen molar-refractivity contribution in [3.8, 4) is 28.8 Å². The van der Waals surface area contributed by atoms with Crippen molar-refractivity contribution in [2.45, 2.75) is 6.18 Å². The van der Waals surface area contributed by atoms with Crippen LogP contribution in [0, 0.1) is 11.3 Å². The van der Waals surface area contributed by atoms with Crippen LogP contribution in [0.3, 0.4) is 0 Å². The molecule has 2 aromatic carbocycles. The molecule has 0 fully saturated rings. The van der Waals surface area contributed by atoms with Crippen LogP contribution in [0.4, 0.5) is 24.8 Å². The Labute approximate surface area is 208 Å². The molecule has 0 saturated carbocycles. The molecular weight excluding hydrogens is 489 g/mol. The maximum atomic E-state index is 13.2. The molecule has 0 saturated heterocycles. The molecule has 4 rings (SSSR count). The first-order chi connectivity index (χ1) is 17.7. The van der Waals surface area contributed by atoms with E-state index in [0.717, 1.165) is 23.0 Å². The van der Waals surface area contributed by atoms with Crippen LogP contribution < -0.4 is 10.1 Å². The van der Waals surface area contributed by atoms with Crippen LogP contribution in [0.25, 0.3) is 23.0 Å². The molecule has 12 heteroatoms. The number of nitriles is 1. The molecule has 0 aliphatic carbocycles. The van der Waals surface area contributed by atoms with Gasteiger partial charge in [0.2, 0.25) is 5.95 Å². The number of anilines is 2. The number of aliphatic carboxylic acids is 1. The van der Waals surface area contributed by atoms with E-state index in [2.05, 4.69) is 20.4 Å². The maximum Gasteiger partial charge on any atom is 0.435 e. The van der Waals surface area contributed by atoms with Crippen LogP contribution in [0.2, 0.25) is 0 Å². The summed E-state index contributed by atoms with van der Waals surface area (Å²) in [6, 6.07) is 14.2. The van der Waals surface area contributed by atoms with Crippen LogP contribution in [0.1, 0.15) is 16.8 Å². The molecule has 0 unspecified atom stereocenters. The van der Waals surface area contributed by atoms with Crippen molar-refractivity contribution in [3.63, 3.8) is 0 Å². The minimum Gasteiger partial charge on any atom is -0.497 e. The Morgan fingerprint density at radius 2 is 2.03 bits per heavy atom. The Hall–Kier alpha value is -5.18. The predicted molar refractivity (Wildman–Crippen MR) is 127 cm³/mol. The van der Waals surface area contributed by atoms with Gasteiger partial charge in [0.25, 0.3) is 0 Å². The number of hydrogen-bond donors (Lipinski definition) is 2. The number of hydrogen-bond acceptors (Lipinski definition) is 7. The lowest BCUT2D eigenvalue weighted by Gasteiger charge is -2.13. The number of carbonyl (C=O) groups is 1. The minimum atomic E-state index is -4.66. The zero-order chi connectivity index (χ0) is 26.6. The van der Waals surface area contributed by atoms with E-state index in [-0.39, 0.29) is 11.8 Å². The third kappa shape index (κ3) is 5.91. The molecule has 0 atom stereocenters. The summed E-state index contributed by atoms with van der Waals surface area (Å²) >= 11 is 0. The van der Waals surface area contributed by atoms with E-state index in [4.69, 9.17) is 9.84 Å². The lowest BCUT2D eigenvalue weighted by Crippen LogP contribution is -2.10. The van der Waals surface area contributed by atoms with E-state index in [1.54, 1.807) is 30.3 Å². The zero-order valence-electron chi connectivity index (χ0n) is 19.1. The van der Waals surface area contributed by atoms with Crippen molar-refractivity contribution in [3.05, 3.63) is 83.8 Å². The van der Waals surface area contributed by atoms with Gasteiger partial charge in [-0.05, 0) is 41.5 Å². The van der Waals surface area contributed by atoms with Gasteiger partial charge in [0, 0.05) is 35.8 Å². The highest BCUT2D eigenvalue weighted by Crippen LogP contribution is 2.31. The topological polar surface area (TPSA) is 126 Å². The smallest absolute Gasteiger partial charge is 0.435 e. The second-order valence-corrected chi connectivity index (χ2v) is 7.56. The molecular formula is C25H17F3N6O3. The van der Waals surface area contributed by atoms with Gasteiger partial charge < -0.3 is 15.2 Å². The van der Waals surface area contributed by atoms with Gasteiger partial charge in [-0.2, -0.15) is 28.5 Å². The SMILES string of the molecule is COc1cc(C#N)cc(Nc2ncc(-c3cccc(C=CC(=O)O)c3)c(-n3ccc(C(F)(F)F)n3)n2)c1. The number of aromatic nitrogens is 4. The van der Waals surface area contributed by atoms with Crippen molar-refractivity contribution < 1.29 is 27.8 Å². The summed E-state index contributed by atoms with van der Waals surface area (Å²) in [6.45, 7) is 0.